The van der Waals surface area contributed by atoms with Gasteiger partial charge in [-0.3, -0.25) is 9.52 Å². The van der Waals surface area contributed by atoms with Crippen molar-refractivity contribution in [2.24, 2.45) is 0 Å². The molecule has 0 unspecified atom stereocenters. The molecular weight excluding hydrogens is 442 g/mol. The predicted molar refractivity (Wildman–Crippen MR) is 116 cm³/mol. The summed E-state index contributed by atoms with van der Waals surface area (Å²) in [5.41, 5.74) is 1.54. The molecule has 0 aliphatic heterocycles. The molecule has 168 valence electrons. The number of anilines is 2. The molecule has 2 N–H and O–H groups in total. The maximum atomic E-state index is 12.9. The molecule has 0 saturated heterocycles. The van der Waals surface area contributed by atoms with Crippen LogP contribution in [0.5, 0.6) is 11.5 Å². The van der Waals surface area contributed by atoms with Gasteiger partial charge in [0, 0.05) is 23.0 Å². The Labute approximate surface area is 184 Å². The van der Waals surface area contributed by atoms with Crippen molar-refractivity contribution in [3.63, 3.8) is 0 Å². The van der Waals surface area contributed by atoms with Crippen LogP contribution in [0.3, 0.4) is 0 Å². The number of benzene rings is 3. The van der Waals surface area contributed by atoms with E-state index in [0.717, 1.165) is 5.56 Å². The summed E-state index contributed by atoms with van der Waals surface area (Å²) in [5.74, 6) is -0.722. The zero-order valence-electron chi connectivity index (χ0n) is 17.1. The molecule has 1 amide bonds. The van der Waals surface area contributed by atoms with Crippen molar-refractivity contribution in [3.05, 3.63) is 77.9 Å². The molecule has 0 atom stereocenters. The molecule has 0 bridgehead atoms. The van der Waals surface area contributed by atoms with E-state index in [-0.39, 0.29) is 27.6 Å². The number of sulfonamides is 1. The van der Waals surface area contributed by atoms with Crippen LogP contribution in [0, 0.1) is 6.92 Å². The molecule has 7 nitrogen and oxygen atoms in total. The fraction of sp³-hybridized carbons (Fsp3) is 0.136. The molecule has 0 aliphatic rings. The molecule has 0 heterocycles. The number of carbonyl (C=O) groups is 1. The first-order chi connectivity index (χ1) is 15.2. The summed E-state index contributed by atoms with van der Waals surface area (Å²) in [6.45, 7) is -1.13. The highest BCUT2D eigenvalue weighted by molar-refractivity contribution is 7.92. The van der Waals surface area contributed by atoms with Gasteiger partial charge in [-0.25, -0.2) is 8.42 Å². The van der Waals surface area contributed by atoms with Crippen LogP contribution >= 0.6 is 0 Å². The van der Waals surface area contributed by atoms with Crippen molar-refractivity contribution >= 4 is 27.3 Å². The lowest BCUT2D eigenvalue weighted by Crippen LogP contribution is -2.17. The highest BCUT2D eigenvalue weighted by atomic mass is 32.2. The van der Waals surface area contributed by atoms with E-state index < -0.39 is 22.5 Å². The van der Waals surface area contributed by atoms with E-state index in [1.54, 1.807) is 24.3 Å². The number of hydrogen-bond donors (Lipinski definition) is 2. The molecule has 0 radical (unpaired) electrons. The molecule has 0 aliphatic carbocycles. The average Bonchev–Trinajstić information content (AvgIpc) is 2.74. The topological polar surface area (TPSA) is 93.7 Å². The van der Waals surface area contributed by atoms with E-state index in [9.17, 15) is 22.0 Å². The van der Waals surface area contributed by atoms with Crippen LogP contribution in [0.2, 0.25) is 0 Å². The van der Waals surface area contributed by atoms with Crippen molar-refractivity contribution in [2.45, 2.75) is 18.4 Å². The highest BCUT2D eigenvalue weighted by Crippen LogP contribution is 2.28. The van der Waals surface area contributed by atoms with Crippen LogP contribution in [0.25, 0.3) is 0 Å². The van der Waals surface area contributed by atoms with E-state index in [2.05, 4.69) is 14.8 Å². The minimum absolute atomic E-state index is 0.0234. The number of rotatable bonds is 8. The van der Waals surface area contributed by atoms with E-state index >= 15 is 0 Å². The normalized spacial score (nSPS) is 11.2. The third-order valence-corrected chi connectivity index (χ3v) is 5.74. The van der Waals surface area contributed by atoms with Crippen LogP contribution in [0.4, 0.5) is 20.2 Å². The molecule has 0 saturated carbocycles. The van der Waals surface area contributed by atoms with Gasteiger partial charge in [0.1, 0.15) is 16.4 Å². The van der Waals surface area contributed by atoms with Crippen molar-refractivity contribution < 1.29 is 31.5 Å². The quantitative estimate of drug-likeness (QED) is 0.508. The van der Waals surface area contributed by atoms with E-state index in [1.165, 1.54) is 49.6 Å². The lowest BCUT2D eigenvalue weighted by molar-refractivity contribution is -0.0498. The summed E-state index contributed by atoms with van der Waals surface area (Å²) >= 11 is 0. The molecule has 10 heteroatoms. The van der Waals surface area contributed by atoms with Gasteiger partial charge in [-0.15, -0.1) is 0 Å². The molecule has 3 rings (SSSR count). The maximum Gasteiger partial charge on any atom is 0.387 e. The Balaban J connectivity index is 1.87. The molecule has 0 aromatic heterocycles. The number of methoxy groups -OCH3 is 1. The number of ether oxygens (including phenoxy) is 2. The second kappa shape index (κ2) is 9.65. The van der Waals surface area contributed by atoms with Crippen LogP contribution < -0.4 is 19.5 Å². The predicted octanol–water partition coefficient (Wildman–Crippen LogP) is 4.66. The van der Waals surface area contributed by atoms with Crippen LogP contribution in [0.1, 0.15) is 15.9 Å². The Morgan fingerprint density at radius 2 is 1.69 bits per heavy atom. The monoisotopic (exact) mass is 462 g/mol. The standard InChI is InChI=1S/C22H20F2N2O5S/c1-14-6-9-16(10-7-14)26-32(28,29)20-12-15(8-11-19(20)30-2)21(27)25-17-4-3-5-18(13-17)31-22(23)24/h3-13,22,26H,1-2H3,(H,25,27). The van der Waals surface area contributed by atoms with E-state index in [4.69, 9.17) is 4.74 Å². The second-order valence-corrected chi connectivity index (χ2v) is 8.35. The summed E-state index contributed by atoms with van der Waals surface area (Å²) in [7, 11) is -2.76. The Bertz CT molecular complexity index is 1220. The molecule has 3 aromatic rings. The number of alkyl halides is 2. The summed E-state index contributed by atoms with van der Waals surface area (Å²) in [6.07, 6.45) is 0. The molecular formula is C22H20F2N2O5S. The molecule has 0 spiro atoms. The largest absolute Gasteiger partial charge is 0.495 e. The molecule has 0 fully saturated rings. The molecule has 3 aromatic carbocycles. The van der Waals surface area contributed by atoms with Gasteiger partial charge in [-0.2, -0.15) is 8.78 Å². The number of nitrogens with one attached hydrogen (secondary N) is 2. The first kappa shape index (κ1) is 23.0. The van der Waals surface area contributed by atoms with Gasteiger partial charge in [-0.05, 0) is 49.4 Å². The van der Waals surface area contributed by atoms with E-state index in [0.29, 0.717) is 5.69 Å². The average molecular weight is 462 g/mol. The van der Waals surface area contributed by atoms with Crippen LogP contribution in [0.15, 0.2) is 71.6 Å². The number of halogens is 2. The number of amides is 1. The Kier molecular flexibility index (Phi) is 6.94. The zero-order valence-corrected chi connectivity index (χ0v) is 18.0. The lowest BCUT2D eigenvalue weighted by atomic mass is 10.2. The third kappa shape index (κ3) is 5.73. The Morgan fingerprint density at radius 1 is 0.969 bits per heavy atom. The smallest absolute Gasteiger partial charge is 0.387 e. The Hall–Kier alpha value is -3.66. The highest BCUT2D eigenvalue weighted by Gasteiger charge is 2.22. The van der Waals surface area contributed by atoms with Crippen molar-refractivity contribution in [3.8, 4) is 11.5 Å². The van der Waals surface area contributed by atoms with Crippen molar-refractivity contribution in [1.82, 2.24) is 0 Å². The first-order valence-corrected chi connectivity index (χ1v) is 10.8. The van der Waals surface area contributed by atoms with Gasteiger partial charge >= 0.3 is 6.61 Å². The van der Waals surface area contributed by atoms with E-state index in [1.807, 2.05) is 6.92 Å². The number of hydrogen-bond acceptors (Lipinski definition) is 5. The van der Waals surface area contributed by atoms with Gasteiger partial charge in [-0.1, -0.05) is 23.8 Å². The fourth-order valence-corrected chi connectivity index (χ4v) is 4.07. The summed E-state index contributed by atoms with van der Waals surface area (Å²) in [4.78, 5) is 12.4. The maximum absolute atomic E-state index is 12.9. The van der Waals surface area contributed by atoms with Crippen molar-refractivity contribution in [2.75, 3.05) is 17.1 Å². The summed E-state index contributed by atoms with van der Waals surface area (Å²) in [5, 5.41) is 2.52. The minimum Gasteiger partial charge on any atom is -0.495 e. The summed E-state index contributed by atoms with van der Waals surface area (Å²) in [6, 6.07) is 16.1. The first-order valence-electron chi connectivity index (χ1n) is 9.32. The van der Waals surface area contributed by atoms with Crippen LogP contribution in [-0.4, -0.2) is 28.0 Å². The van der Waals surface area contributed by atoms with Gasteiger partial charge in [0.2, 0.25) is 0 Å². The molecule has 32 heavy (non-hydrogen) atoms. The number of aryl methyl sites for hydroxylation is 1. The van der Waals surface area contributed by atoms with Crippen molar-refractivity contribution in [1.29, 1.82) is 0 Å². The second-order valence-electron chi connectivity index (χ2n) is 6.70. The SMILES string of the molecule is COc1ccc(C(=O)Nc2cccc(OC(F)F)c2)cc1S(=O)(=O)Nc1ccc(C)cc1. The zero-order chi connectivity index (χ0) is 23.3. The van der Waals surface area contributed by atoms with Gasteiger partial charge in [0.15, 0.2) is 0 Å². The minimum atomic E-state index is -4.08. The summed E-state index contributed by atoms with van der Waals surface area (Å²) < 4.78 is 62.6. The lowest BCUT2D eigenvalue weighted by Gasteiger charge is -2.14. The third-order valence-electron chi connectivity index (χ3n) is 4.34. The van der Waals surface area contributed by atoms with Gasteiger partial charge < -0.3 is 14.8 Å². The van der Waals surface area contributed by atoms with Crippen LogP contribution in [-0.2, 0) is 10.0 Å². The van der Waals surface area contributed by atoms with Gasteiger partial charge in [0.05, 0.1) is 7.11 Å². The number of carbonyl (C=O) groups excluding carboxylic acids is 1. The fourth-order valence-electron chi connectivity index (χ4n) is 2.81. The Morgan fingerprint density at radius 3 is 2.34 bits per heavy atom. The van der Waals surface area contributed by atoms with Gasteiger partial charge in [0.25, 0.3) is 15.9 Å².